The van der Waals surface area contributed by atoms with Gasteiger partial charge < -0.3 is 15.4 Å². The molecule has 0 fully saturated rings. The molecule has 0 spiro atoms. The van der Waals surface area contributed by atoms with Gasteiger partial charge in [-0.25, -0.2) is 0 Å². The molecule has 0 aliphatic carbocycles. The second-order valence-corrected chi connectivity index (χ2v) is 5.03. The van der Waals surface area contributed by atoms with Crippen LogP contribution in [-0.4, -0.2) is 25.6 Å². The zero-order valence-electron chi connectivity index (χ0n) is 12.3. The summed E-state index contributed by atoms with van der Waals surface area (Å²) < 4.78 is 5.66. The van der Waals surface area contributed by atoms with Crippen molar-refractivity contribution in [2.45, 2.75) is 20.3 Å². The van der Waals surface area contributed by atoms with E-state index in [1.807, 2.05) is 24.3 Å². The van der Waals surface area contributed by atoms with Crippen LogP contribution >= 0.6 is 0 Å². The van der Waals surface area contributed by atoms with Crippen molar-refractivity contribution in [3.05, 3.63) is 36.9 Å². The summed E-state index contributed by atoms with van der Waals surface area (Å²) in [6.07, 6.45) is 2.73. The summed E-state index contributed by atoms with van der Waals surface area (Å²) in [6, 6.07) is 7.45. The fourth-order valence-corrected chi connectivity index (χ4v) is 1.57. The van der Waals surface area contributed by atoms with Crippen LogP contribution in [-0.2, 0) is 4.79 Å². The Hall–Kier alpha value is -1.81. The summed E-state index contributed by atoms with van der Waals surface area (Å²) >= 11 is 0. The fraction of sp³-hybridized carbons (Fsp3) is 0.438. The molecule has 0 aromatic heterocycles. The molecule has 1 aromatic carbocycles. The van der Waals surface area contributed by atoms with E-state index < -0.39 is 0 Å². The Labute approximate surface area is 121 Å². The van der Waals surface area contributed by atoms with Gasteiger partial charge in [-0.1, -0.05) is 26.0 Å². The molecule has 1 aromatic rings. The molecule has 1 amide bonds. The number of hydrogen-bond acceptors (Lipinski definition) is 3. The van der Waals surface area contributed by atoms with Gasteiger partial charge in [-0.15, -0.1) is 6.58 Å². The first-order valence-electron chi connectivity index (χ1n) is 6.96. The highest BCUT2D eigenvalue weighted by atomic mass is 16.5. The Balaban J connectivity index is 2.42. The van der Waals surface area contributed by atoms with Gasteiger partial charge in [0.1, 0.15) is 5.75 Å². The van der Waals surface area contributed by atoms with E-state index in [0.29, 0.717) is 19.1 Å². The Morgan fingerprint density at radius 1 is 1.45 bits per heavy atom. The molecule has 20 heavy (non-hydrogen) atoms. The van der Waals surface area contributed by atoms with Crippen LogP contribution in [0.5, 0.6) is 5.75 Å². The molecule has 0 bridgehead atoms. The highest BCUT2D eigenvalue weighted by Gasteiger charge is 2.03. The summed E-state index contributed by atoms with van der Waals surface area (Å²) in [5, 5.41) is 5.78. The zero-order chi connectivity index (χ0) is 14.8. The van der Waals surface area contributed by atoms with Crippen LogP contribution in [0.2, 0.25) is 0 Å². The average molecular weight is 276 g/mol. The van der Waals surface area contributed by atoms with E-state index in [0.717, 1.165) is 17.9 Å². The maximum atomic E-state index is 11.7. The number of ether oxygens (including phenoxy) is 1. The normalized spacial score (nSPS) is 10.3. The van der Waals surface area contributed by atoms with Crippen molar-refractivity contribution in [3.63, 3.8) is 0 Å². The van der Waals surface area contributed by atoms with Gasteiger partial charge in [-0.2, -0.15) is 0 Å². The van der Waals surface area contributed by atoms with Crippen molar-refractivity contribution in [1.82, 2.24) is 5.32 Å². The Kier molecular flexibility index (Phi) is 7.43. The van der Waals surface area contributed by atoms with Crippen LogP contribution in [0.3, 0.4) is 0 Å². The average Bonchev–Trinajstić information content (AvgIpc) is 2.39. The van der Waals surface area contributed by atoms with Gasteiger partial charge in [0.05, 0.1) is 13.2 Å². The van der Waals surface area contributed by atoms with Crippen LogP contribution in [0.1, 0.15) is 20.3 Å². The molecule has 0 aliphatic heterocycles. The van der Waals surface area contributed by atoms with Crippen LogP contribution in [0.25, 0.3) is 0 Å². The van der Waals surface area contributed by atoms with Gasteiger partial charge in [0.15, 0.2) is 0 Å². The Morgan fingerprint density at radius 2 is 2.25 bits per heavy atom. The van der Waals surface area contributed by atoms with Crippen LogP contribution < -0.4 is 15.4 Å². The first-order valence-corrected chi connectivity index (χ1v) is 6.96. The Bertz CT molecular complexity index is 430. The summed E-state index contributed by atoms with van der Waals surface area (Å²) in [4.78, 5) is 11.7. The van der Waals surface area contributed by atoms with E-state index >= 15 is 0 Å². The first kappa shape index (κ1) is 16.2. The highest BCUT2D eigenvalue weighted by Crippen LogP contribution is 2.17. The van der Waals surface area contributed by atoms with E-state index in [4.69, 9.17) is 4.74 Å². The number of hydrogen-bond donors (Lipinski definition) is 2. The molecule has 0 heterocycles. The molecule has 4 nitrogen and oxygen atoms in total. The lowest BCUT2D eigenvalue weighted by Gasteiger charge is -2.10. The van der Waals surface area contributed by atoms with Gasteiger partial charge in [0.25, 0.3) is 0 Å². The van der Waals surface area contributed by atoms with Gasteiger partial charge in [0.2, 0.25) is 5.91 Å². The number of anilines is 1. The molecule has 0 aliphatic rings. The lowest BCUT2D eigenvalue weighted by atomic mass is 10.1. The lowest BCUT2D eigenvalue weighted by Crippen LogP contribution is -2.28. The standard InChI is InChI=1S/C16H24N2O2/c1-4-9-17-12-16(19)18-14-6-5-7-15(11-14)20-10-8-13(2)3/h4-7,11,13,17H,1,8-10,12H2,2-3H3,(H,18,19). The van der Waals surface area contributed by atoms with E-state index in [-0.39, 0.29) is 12.5 Å². The zero-order valence-corrected chi connectivity index (χ0v) is 12.3. The van der Waals surface area contributed by atoms with E-state index in [1.54, 1.807) is 6.08 Å². The third kappa shape index (κ3) is 6.95. The second-order valence-electron chi connectivity index (χ2n) is 5.03. The molecule has 2 N–H and O–H groups in total. The summed E-state index contributed by atoms with van der Waals surface area (Å²) in [5.74, 6) is 1.32. The molecule has 0 saturated heterocycles. The third-order valence-corrected chi connectivity index (χ3v) is 2.66. The minimum atomic E-state index is -0.0776. The maximum absolute atomic E-state index is 11.7. The minimum absolute atomic E-state index is 0.0776. The topological polar surface area (TPSA) is 50.4 Å². The molecule has 0 saturated carbocycles. The van der Waals surface area contributed by atoms with Gasteiger partial charge >= 0.3 is 0 Å². The number of nitrogens with one attached hydrogen (secondary N) is 2. The maximum Gasteiger partial charge on any atom is 0.238 e. The van der Waals surface area contributed by atoms with Crippen molar-refractivity contribution < 1.29 is 9.53 Å². The first-order chi connectivity index (χ1) is 9.61. The smallest absolute Gasteiger partial charge is 0.238 e. The molecule has 0 radical (unpaired) electrons. The van der Waals surface area contributed by atoms with Gasteiger partial charge in [-0.3, -0.25) is 4.79 Å². The van der Waals surface area contributed by atoms with Crippen molar-refractivity contribution >= 4 is 11.6 Å². The molecule has 1 rings (SSSR count). The van der Waals surface area contributed by atoms with Crippen LogP contribution in [0, 0.1) is 5.92 Å². The minimum Gasteiger partial charge on any atom is -0.494 e. The number of benzene rings is 1. The summed E-state index contributed by atoms with van der Waals surface area (Å²) in [6.45, 7) is 9.48. The van der Waals surface area contributed by atoms with Crippen molar-refractivity contribution in [3.8, 4) is 5.75 Å². The van der Waals surface area contributed by atoms with E-state index in [1.165, 1.54) is 0 Å². The largest absolute Gasteiger partial charge is 0.494 e. The van der Waals surface area contributed by atoms with Gasteiger partial charge in [0, 0.05) is 18.3 Å². The third-order valence-electron chi connectivity index (χ3n) is 2.66. The molecule has 110 valence electrons. The summed E-state index contributed by atoms with van der Waals surface area (Å²) in [7, 11) is 0. The molecule has 0 atom stereocenters. The predicted octanol–water partition coefficient (Wildman–Crippen LogP) is 2.83. The van der Waals surface area contributed by atoms with Crippen LogP contribution in [0.4, 0.5) is 5.69 Å². The van der Waals surface area contributed by atoms with E-state index in [9.17, 15) is 4.79 Å². The molecular formula is C16H24N2O2. The predicted molar refractivity (Wildman–Crippen MR) is 83.1 cm³/mol. The van der Waals surface area contributed by atoms with Crippen molar-refractivity contribution in [1.29, 1.82) is 0 Å². The Morgan fingerprint density at radius 3 is 2.95 bits per heavy atom. The van der Waals surface area contributed by atoms with Crippen molar-refractivity contribution in [2.24, 2.45) is 5.92 Å². The molecular weight excluding hydrogens is 252 g/mol. The SMILES string of the molecule is C=CCNCC(=O)Nc1cccc(OCCC(C)C)c1. The monoisotopic (exact) mass is 276 g/mol. The number of amides is 1. The molecule has 4 heteroatoms. The number of carbonyl (C=O) groups excluding carboxylic acids is 1. The second kappa shape index (κ2) is 9.15. The lowest BCUT2D eigenvalue weighted by molar-refractivity contribution is -0.115. The van der Waals surface area contributed by atoms with Crippen LogP contribution in [0.15, 0.2) is 36.9 Å². The van der Waals surface area contributed by atoms with E-state index in [2.05, 4.69) is 31.1 Å². The number of carbonyl (C=O) groups is 1. The quantitative estimate of drug-likeness (QED) is 0.538. The number of rotatable bonds is 9. The molecule has 0 unspecified atom stereocenters. The van der Waals surface area contributed by atoms with Gasteiger partial charge in [-0.05, 0) is 24.5 Å². The fourth-order valence-electron chi connectivity index (χ4n) is 1.57. The highest BCUT2D eigenvalue weighted by molar-refractivity contribution is 5.92. The summed E-state index contributed by atoms with van der Waals surface area (Å²) in [5.41, 5.74) is 0.748. The van der Waals surface area contributed by atoms with Crippen molar-refractivity contribution in [2.75, 3.05) is 25.0 Å².